The Morgan fingerprint density at radius 1 is 1.12 bits per heavy atom. The van der Waals surface area contributed by atoms with E-state index < -0.39 is 10.8 Å². The summed E-state index contributed by atoms with van der Waals surface area (Å²) in [5, 5.41) is 2.83. The number of amides is 1. The number of aryl methyl sites for hydroxylation is 1. The van der Waals surface area contributed by atoms with Crippen molar-refractivity contribution >= 4 is 16.7 Å². The summed E-state index contributed by atoms with van der Waals surface area (Å²) in [7, 11) is -1.07. The molecule has 0 aliphatic heterocycles. The SMILES string of the molecule is Cc1ccc(C[S@](=O)Cc2ccc(C(=O)NCCC(C)C)o2)cc1. The van der Waals surface area contributed by atoms with E-state index in [1.807, 2.05) is 31.2 Å². The van der Waals surface area contributed by atoms with Crippen LogP contribution < -0.4 is 5.32 Å². The molecule has 0 aliphatic rings. The molecule has 1 aromatic heterocycles. The van der Waals surface area contributed by atoms with Gasteiger partial charge in [0.05, 0.1) is 5.75 Å². The average Bonchev–Trinajstić information content (AvgIpc) is 2.97. The number of hydrogen-bond acceptors (Lipinski definition) is 3. The second-order valence-corrected chi connectivity index (χ2v) is 7.88. The fraction of sp³-hybridized carbons (Fsp3) is 0.421. The topological polar surface area (TPSA) is 59.3 Å². The van der Waals surface area contributed by atoms with Gasteiger partial charge >= 0.3 is 0 Å². The Hall–Kier alpha value is -1.88. The average molecular weight is 347 g/mol. The van der Waals surface area contributed by atoms with Crippen molar-refractivity contribution in [2.75, 3.05) is 6.54 Å². The van der Waals surface area contributed by atoms with Crippen LogP contribution in [0.5, 0.6) is 0 Å². The van der Waals surface area contributed by atoms with Gasteiger partial charge in [-0.15, -0.1) is 0 Å². The molecule has 0 bridgehead atoms. The first-order valence-electron chi connectivity index (χ1n) is 8.21. The molecule has 1 N–H and O–H groups in total. The molecule has 2 aromatic rings. The van der Waals surface area contributed by atoms with Crippen LogP contribution in [0.15, 0.2) is 40.8 Å². The van der Waals surface area contributed by atoms with Crippen molar-refractivity contribution in [3.8, 4) is 0 Å². The van der Waals surface area contributed by atoms with Gasteiger partial charge in [-0.25, -0.2) is 0 Å². The summed E-state index contributed by atoms with van der Waals surface area (Å²) in [6.45, 7) is 6.88. The molecule has 0 fully saturated rings. The first-order valence-corrected chi connectivity index (χ1v) is 9.70. The predicted molar refractivity (Wildman–Crippen MR) is 97.2 cm³/mol. The molecule has 0 aliphatic carbocycles. The quantitative estimate of drug-likeness (QED) is 0.790. The highest BCUT2D eigenvalue weighted by Crippen LogP contribution is 2.13. The Kier molecular flexibility index (Phi) is 6.79. The van der Waals surface area contributed by atoms with E-state index in [1.54, 1.807) is 12.1 Å². The predicted octanol–water partition coefficient (Wildman–Crippen LogP) is 3.81. The Morgan fingerprint density at radius 3 is 2.50 bits per heavy atom. The van der Waals surface area contributed by atoms with Gasteiger partial charge < -0.3 is 9.73 Å². The monoisotopic (exact) mass is 347 g/mol. The van der Waals surface area contributed by atoms with Crippen molar-refractivity contribution in [3.05, 3.63) is 59.0 Å². The minimum Gasteiger partial charge on any atom is -0.455 e. The molecule has 24 heavy (non-hydrogen) atoms. The van der Waals surface area contributed by atoms with Crippen molar-refractivity contribution in [1.82, 2.24) is 5.32 Å². The smallest absolute Gasteiger partial charge is 0.286 e. The summed E-state index contributed by atoms with van der Waals surface area (Å²) in [4.78, 5) is 12.0. The zero-order valence-corrected chi connectivity index (χ0v) is 15.3. The van der Waals surface area contributed by atoms with Crippen LogP contribution in [0.3, 0.4) is 0 Å². The third-order valence-electron chi connectivity index (χ3n) is 3.64. The molecule has 0 saturated carbocycles. The van der Waals surface area contributed by atoms with E-state index in [0.717, 1.165) is 12.0 Å². The molecule has 0 unspecified atom stereocenters. The number of carbonyl (C=O) groups excluding carboxylic acids is 1. The fourth-order valence-electron chi connectivity index (χ4n) is 2.22. The lowest BCUT2D eigenvalue weighted by Crippen LogP contribution is -2.24. The van der Waals surface area contributed by atoms with E-state index in [0.29, 0.717) is 29.7 Å². The maximum atomic E-state index is 12.2. The minimum absolute atomic E-state index is 0.216. The van der Waals surface area contributed by atoms with Gasteiger partial charge in [0.15, 0.2) is 5.76 Å². The molecule has 2 rings (SSSR count). The largest absolute Gasteiger partial charge is 0.455 e. The summed E-state index contributed by atoms with van der Waals surface area (Å²) in [5.74, 6) is 1.98. The first kappa shape index (κ1) is 18.5. The molecule has 0 spiro atoms. The summed E-state index contributed by atoms with van der Waals surface area (Å²) < 4.78 is 17.8. The third-order valence-corrected chi connectivity index (χ3v) is 4.91. The van der Waals surface area contributed by atoms with Crippen LogP contribution in [0.25, 0.3) is 0 Å². The van der Waals surface area contributed by atoms with Crippen LogP contribution in [-0.2, 0) is 22.3 Å². The molecular formula is C19H25NO3S. The van der Waals surface area contributed by atoms with Crippen molar-refractivity contribution in [2.45, 2.75) is 38.7 Å². The van der Waals surface area contributed by atoms with Crippen molar-refractivity contribution in [1.29, 1.82) is 0 Å². The van der Waals surface area contributed by atoms with Gasteiger partial charge in [-0.3, -0.25) is 9.00 Å². The van der Waals surface area contributed by atoms with Gasteiger partial charge in [-0.2, -0.15) is 0 Å². The first-order chi connectivity index (χ1) is 11.4. The van der Waals surface area contributed by atoms with E-state index in [4.69, 9.17) is 4.42 Å². The number of rotatable bonds is 8. The molecular weight excluding hydrogens is 322 g/mol. The third kappa shape index (κ3) is 5.96. The second-order valence-electron chi connectivity index (χ2n) is 6.42. The van der Waals surface area contributed by atoms with E-state index in [1.165, 1.54) is 5.56 Å². The maximum absolute atomic E-state index is 12.2. The fourth-order valence-corrected chi connectivity index (χ4v) is 3.36. The lowest BCUT2D eigenvalue weighted by molar-refractivity contribution is 0.0923. The highest BCUT2D eigenvalue weighted by molar-refractivity contribution is 7.83. The molecule has 1 amide bonds. The van der Waals surface area contributed by atoms with Gasteiger partial charge in [-0.05, 0) is 37.0 Å². The molecule has 5 heteroatoms. The molecule has 1 heterocycles. The zero-order valence-electron chi connectivity index (χ0n) is 14.5. The molecule has 1 atom stereocenters. The lowest BCUT2D eigenvalue weighted by atomic mass is 10.1. The van der Waals surface area contributed by atoms with Crippen LogP contribution in [-0.4, -0.2) is 16.7 Å². The van der Waals surface area contributed by atoms with Crippen LogP contribution in [0.4, 0.5) is 0 Å². The van der Waals surface area contributed by atoms with Gasteiger partial charge in [0.1, 0.15) is 5.76 Å². The van der Waals surface area contributed by atoms with Crippen LogP contribution in [0, 0.1) is 12.8 Å². The second kappa shape index (κ2) is 8.83. The maximum Gasteiger partial charge on any atom is 0.286 e. The van der Waals surface area contributed by atoms with Crippen molar-refractivity contribution in [3.63, 3.8) is 0 Å². The molecule has 0 radical (unpaired) electrons. The summed E-state index contributed by atoms with van der Waals surface area (Å²) in [6.07, 6.45) is 0.930. The van der Waals surface area contributed by atoms with Crippen LogP contribution in [0.1, 0.15) is 47.7 Å². The van der Waals surface area contributed by atoms with Crippen LogP contribution in [0.2, 0.25) is 0 Å². The molecule has 4 nitrogen and oxygen atoms in total. The summed E-state index contributed by atoms with van der Waals surface area (Å²) >= 11 is 0. The highest BCUT2D eigenvalue weighted by atomic mass is 32.2. The van der Waals surface area contributed by atoms with Gasteiger partial charge in [-0.1, -0.05) is 43.7 Å². The van der Waals surface area contributed by atoms with Crippen LogP contribution >= 0.6 is 0 Å². The van der Waals surface area contributed by atoms with E-state index in [2.05, 4.69) is 19.2 Å². The van der Waals surface area contributed by atoms with Gasteiger partial charge in [0.25, 0.3) is 5.91 Å². The Bertz CT molecular complexity index is 689. The Morgan fingerprint density at radius 2 is 1.83 bits per heavy atom. The number of nitrogens with one attached hydrogen (secondary N) is 1. The standard InChI is InChI=1S/C19H25NO3S/c1-14(2)10-11-20-19(21)18-9-8-17(23-18)13-24(22)12-16-6-4-15(3)5-7-16/h4-9,14H,10-13H2,1-3H3,(H,20,21)/t24-/m0/s1. The number of hydrogen-bond donors (Lipinski definition) is 1. The number of benzene rings is 1. The number of carbonyl (C=O) groups is 1. The zero-order chi connectivity index (χ0) is 17.5. The van der Waals surface area contributed by atoms with Gasteiger partial charge in [0.2, 0.25) is 0 Å². The van der Waals surface area contributed by atoms with Gasteiger partial charge in [0, 0.05) is 23.1 Å². The van der Waals surface area contributed by atoms with E-state index in [-0.39, 0.29) is 11.7 Å². The van der Waals surface area contributed by atoms with E-state index >= 15 is 0 Å². The highest BCUT2D eigenvalue weighted by Gasteiger charge is 2.13. The Labute approximate surface area is 146 Å². The summed E-state index contributed by atoms with van der Waals surface area (Å²) in [5.41, 5.74) is 2.22. The summed E-state index contributed by atoms with van der Waals surface area (Å²) in [6, 6.07) is 11.4. The van der Waals surface area contributed by atoms with E-state index in [9.17, 15) is 9.00 Å². The normalized spacial score (nSPS) is 12.3. The molecule has 0 saturated heterocycles. The molecule has 1 aromatic carbocycles. The lowest BCUT2D eigenvalue weighted by Gasteiger charge is -2.05. The minimum atomic E-state index is -1.07. The van der Waals surface area contributed by atoms with Crippen molar-refractivity contribution in [2.24, 2.45) is 5.92 Å². The number of furan rings is 1. The molecule has 130 valence electrons. The Balaban J connectivity index is 1.85. The van der Waals surface area contributed by atoms with Crippen molar-refractivity contribution < 1.29 is 13.4 Å².